The van der Waals surface area contributed by atoms with Gasteiger partial charge in [0.05, 0.1) is 23.4 Å². The predicted molar refractivity (Wildman–Crippen MR) is 104 cm³/mol. The zero-order valence-corrected chi connectivity index (χ0v) is 15.7. The molecular formula is C19H21ClN4O3. The molecule has 7 nitrogen and oxygen atoms in total. The maximum absolute atomic E-state index is 12.7. The van der Waals surface area contributed by atoms with Gasteiger partial charge in [0.1, 0.15) is 11.6 Å². The number of amides is 2. The average molecular weight is 389 g/mol. The van der Waals surface area contributed by atoms with E-state index in [1.165, 1.54) is 13.3 Å². The van der Waals surface area contributed by atoms with Crippen LogP contribution in [0.4, 0.5) is 11.5 Å². The molecule has 1 fully saturated rings. The second-order valence-electron chi connectivity index (χ2n) is 6.24. The Morgan fingerprint density at radius 3 is 2.63 bits per heavy atom. The lowest BCUT2D eigenvalue weighted by atomic mass is 9.97. The summed E-state index contributed by atoms with van der Waals surface area (Å²) in [6.07, 6.45) is 3.00. The Hall–Kier alpha value is -2.64. The molecule has 8 heteroatoms. The first-order valence-corrected chi connectivity index (χ1v) is 9.07. The van der Waals surface area contributed by atoms with Crippen LogP contribution in [0.5, 0.6) is 5.75 Å². The third-order valence-corrected chi connectivity index (χ3v) is 4.63. The van der Waals surface area contributed by atoms with E-state index in [0.29, 0.717) is 27.8 Å². The summed E-state index contributed by atoms with van der Waals surface area (Å²) in [5.41, 5.74) is 0.735. The zero-order chi connectivity index (χ0) is 19.2. The Balaban J connectivity index is 1.80. The Labute approximate surface area is 162 Å². The largest absolute Gasteiger partial charge is 0.497 e. The van der Waals surface area contributed by atoms with Crippen LogP contribution in [0.1, 0.15) is 23.2 Å². The minimum Gasteiger partial charge on any atom is -0.497 e. The summed E-state index contributed by atoms with van der Waals surface area (Å²) < 4.78 is 5.21. The standard InChI is InChI=1S/C19H21ClN4O3/c1-27-14-3-4-16(23-18(25)12-6-8-21-9-7-12)15(10-14)19(26)24-17-5-2-13(20)11-22-17/h2-5,10-12,21H,6-9H2,1H3,(H,23,25)(H,22,24,26). The topological polar surface area (TPSA) is 92.4 Å². The lowest BCUT2D eigenvalue weighted by molar-refractivity contribution is -0.120. The van der Waals surface area contributed by atoms with E-state index >= 15 is 0 Å². The van der Waals surface area contributed by atoms with Crippen molar-refractivity contribution in [2.24, 2.45) is 5.92 Å². The van der Waals surface area contributed by atoms with Crippen molar-refractivity contribution in [3.8, 4) is 5.75 Å². The second kappa shape index (κ2) is 8.83. The number of nitrogens with zero attached hydrogens (tertiary/aromatic N) is 1. The monoisotopic (exact) mass is 388 g/mol. The third-order valence-electron chi connectivity index (χ3n) is 4.41. The molecule has 0 saturated carbocycles. The molecule has 1 aliphatic rings. The Morgan fingerprint density at radius 2 is 1.96 bits per heavy atom. The summed E-state index contributed by atoms with van der Waals surface area (Å²) in [6, 6.07) is 8.20. The molecule has 3 rings (SSSR count). The molecule has 1 aromatic carbocycles. The molecule has 0 unspecified atom stereocenters. The zero-order valence-electron chi connectivity index (χ0n) is 14.9. The normalized spacial score (nSPS) is 14.4. The molecule has 0 atom stereocenters. The highest BCUT2D eigenvalue weighted by Crippen LogP contribution is 2.25. The minimum atomic E-state index is -0.399. The Morgan fingerprint density at radius 1 is 1.19 bits per heavy atom. The number of halogens is 1. The average Bonchev–Trinajstić information content (AvgIpc) is 2.70. The van der Waals surface area contributed by atoms with E-state index in [0.717, 1.165) is 25.9 Å². The first-order valence-electron chi connectivity index (χ1n) is 8.69. The fraction of sp³-hybridized carbons (Fsp3) is 0.316. The number of carbonyl (C=O) groups is 2. The second-order valence-corrected chi connectivity index (χ2v) is 6.68. The van der Waals surface area contributed by atoms with Crippen molar-refractivity contribution in [2.75, 3.05) is 30.8 Å². The lowest BCUT2D eigenvalue weighted by Crippen LogP contribution is -2.35. The molecule has 1 aromatic heterocycles. The van der Waals surface area contributed by atoms with Crippen LogP contribution in [-0.2, 0) is 4.79 Å². The van der Waals surface area contributed by atoms with Gasteiger partial charge in [0.25, 0.3) is 5.91 Å². The predicted octanol–water partition coefficient (Wildman–Crippen LogP) is 2.93. The van der Waals surface area contributed by atoms with Gasteiger partial charge >= 0.3 is 0 Å². The smallest absolute Gasteiger partial charge is 0.259 e. The summed E-state index contributed by atoms with van der Waals surface area (Å²) >= 11 is 5.82. The fourth-order valence-corrected chi connectivity index (χ4v) is 3.01. The minimum absolute atomic E-state index is 0.0674. The molecule has 2 heterocycles. The van der Waals surface area contributed by atoms with Gasteiger partial charge in [-0.1, -0.05) is 11.6 Å². The fourth-order valence-electron chi connectivity index (χ4n) is 2.90. The van der Waals surface area contributed by atoms with Crippen molar-refractivity contribution in [2.45, 2.75) is 12.8 Å². The van der Waals surface area contributed by atoms with Gasteiger partial charge in [-0.3, -0.25) is 9.59 Å². The molecule has 0 spiro atoms. The molecule has 0 bridgehead atoms. The molecule has 27 heavy (non-hydrogen) atoms. The number of carbonyl (C=O) groups excluding carboxylic acids is 2. The highest BCUT2D eigenvalue weighted by atomic mass is 35.5. The quantitative estimate of drug-likeness (QED) is 0.732. The van der Waals surface area contributed by atoms with Crippen molar-refractivity contribution < 1.29 is 14.3 Å². The number of pyridine rings is 1. The van der Waals surface area contributed by atoms with Gasteiger partial charge in [-0.25, -0.2) is 4.98 Å². The molecule has 3 N–H and O–H groups in total. The number of hydrogen-bond acceptors (Lipinski definition) is 5. The number of rotatable bonds is 5. The van der Waals surface area contributed by atoms with Crippen molar-refractivity contribution in [1.82, 2.24) is 10.3 Å². The summed E-state index contributed by atoms with van der Waals surface area (Å²) in [5.74, 6) is 0.332. The van der Waals surface area contributed by atoms with Gasteiger partial charge in [-0.05, 0) is 56.3 Å². The van der Waals surface area contributed by atoms with E-state index in [2.05, 4.69) is 20.9 Å². The molecular weight excluding hydrogens is 368 g/mol. The maximum atomic E-state index is 12.7. The summed E-state index contributed by atoms with van der Waals surface area (Å²) in [4.78, 5) is 29.4. The first-order chi connectivity index (χ1) is 13.1. The van der Waals surface area contributed by atoms with Gasteiger partial charge in [0, 0.05) is 12.1 Å². The van der Waals surface area contributed by atoms with Crippen LogP contribution >= 0.6 is 11.6 Å². The number of methoxy groups -OCH3 is 1. The number of ether oxygens (including phenoxy) is 1. The van der Waals surface area contributed by atoms with Crippen LogP contribution in [0, 0.1) is 5.92 Å². The number of nitrogens with one attached hydrogen (secondary N) is 3. The number of benzene rings is 1. The number of hydrogen-bond donors (Lipinski definition) is 3. The highest BCUT2D eigenvalue weighted by Gasteiger charge is 2.23. The van der Waals surface area contributed by atoms with E-state index in [9.17, 15) is 9.59 Å². The van der Waals surface area contributed by atoms with Crippen LogP contribution < -0.4 is 20.7 Å². The first kappa shape index (κ1) is 19.1. The van der Waals surface area contributed by atoms with Gasteiger partial charge in [0.2, 0.25) is 5.91 Å². The van der Waals surface area contributed by atoms with Crippen molar-refractivity contribution in [3.63, 3.8) is 0 Å². The summed E-state index contributed by atoms with van der Waals surface area (Å²) in [6.45, 7) is 1.63. The Bertz CT molecular complexity index is 820. The highest BCUT2D eigenvalue weighted by molar-refractivity contribution is 6.30. The van der Waals surface area contributed by atoms with E-state index in [-0.39, 0.29) is 11.8 Å². The van der Waals surface area contributed by atoms with Crippen LogP contribution in [0.2, 0.25) is 5.02 Å². The Kier molecular flexibility index (Phi) is 6.26. The van der Waals surface area contributed by atoms with Gasteiger partial charge in [-0.15, -0.1) is 0 Å². The van der Waals surface area contributed by atoms with E-state index < -0.39 is 5.91 Å². The van der Waals surface area contributed by atoms with Gasteiger partial charge in [0.15, 0.2) is 0 Å². The van der Waals surface area contributed by atoms with Crippen molar-refractivity contribution >= 4 is 34.9 Å². The van der Waals surface area contributed by atoms with Crippen LogP contribution in [0.25, 0.3) is 0 Å². The number of piperidine rings is 1. The molecule has 142 valence electrons. The van der Waals surface area contributed by atoms with Crippen LogP contribution in [0.3, 0.4) is 0 Å². The molecule has 0 aliphatic carbocycles. The molecule has 2 amide bonds. The summed E-state index contributed by atoms with van der Waals surface area (Å²) in [5, 5.41) is 9.30. The number of aromatic nitrogens is 1. The SMILES string of the molecule is COc1ccc(NC(=O)C2CCNCC2)c(C(=O)Nc2ccc(Cl)cn2)c1. The molecule has 1 aliphatic heterocycles. The molecule has 1 saturated heterocycles. The van der Waals surface area contributed by atoms with Gasteiger partial charge < -0.3 is 20.7 Å². The summed E-state index contributed by atoms with van der Waals surface area (Å²) in [7, 11) is 1.52. The van der Waals surface area contributed by atoms with Crippen LogP contribution in [-0.4, -0.2) is 37.0 Å². The van der Waals surface area contributed by atoms with E-state index in [1.807, 2.05) is 0 Å². The number of anilines is 2. The van der Waals surface area contributed by atoms with E-state index in [4.69, 9.17) is 16.3 Å². The molecule has 0 radical (unpaired) electrons. The van der Waals surface area contributed by atoms with E-state index in [1.54, 1.807) is 30.3 Å². The van der Waals surface area contributed by atoms with Gasteiger partial charge in [-0.2, -0.15) is 0 Å². The lowest BCUT2D eigenvalue weighted by Gasteiger charge is -2.22. The maximum Gasteiger partial charge on any atom is 0.259 e. The third kappa shape index (κ3) is 4.96. The van der Waals surface area contributed by atoms with Crippen molar-refractivity contribution in [1.29, 1.82) is 0 Å². The van der Waals surface area contributed by atoms with Crippen molar-refractivity contribution in [3.05, 3.63) is 47.1 Å². The van der Waals surface area contributed by atoms with Crippen LogP contribution in [0.15, 0.2) is 36.5 Å². The molecule has 2 aromatic rings.